The smallest absolute Gasteiger partial charge is 0.223 e. The van der Waals surface area contributed by atoms with Gasteiger partial charge >= 0.3 is 0 Å². The Bertz CT molecular complexity index is 596. The van der Waals surface area contributed by atoms with Crippen LogP contribution in [0.3, 0.4) is 0 Å². The summed E-state index contributed by atoms with van der Waals surface area (Å²) in [5.74, 6) is 0. The third kappa shape index (κ3) is 2.15. The molecule has 0 aliphatic heterocycles. The first-order chi connectivity index (χ1) is 7.60. The van der Waals surface area contributed by atoms with E-state index in [4.69, 9.17) is 0 Å². The van der Waals surface area contributed by atoms with E-state index in [1.165, 1.54) is 6.07 Å². The minimum absolute atomic E-state index is 0.0491. The van der Waals surface area contributed by atoms with Gasteiger partial charge in [-0.05, 0) is 40.2 Å². The van der Waals surface area contributed by atoms with Gasteiger partial charge in [-0.3, -0.25) is 0 Å². The van der Waals surface area contributed by atoms with Crippen molar-refractivity contribution < 1.29 is 8.42 Å². The van der Waals surface area contributed by atoms with Gasteiger partial charge in [0.1, 0.15) is 4.60 Å². The Morgan fingerprint density at radius 3 is 2.25 bits per heavy atom. The van der Waals surface area contributed by atoms with Crippen molar-refractivity contribution in [2.24, 2.45) is 0 Å². The van der Waals surface area contributed by atoms with Crippen LogP contribution in [0.5, 0.6) is 0 Å². The number of halogens is 1. The van der Waals surface area contributed by atoms with Crippen LogP contribution in [0.25, 0.3) is 0 Å². The molecule has 0 amide bonds. The molecular formula is C11H8BrNO2S. The van der Waals surface area contributed by atoms with Crippen molar-refractivity contribution in [1.82, 2.24) is 4.98 Å². The highest BCUT2D eigenvalue weighted by Gasteiger charge is 2.18. The lowest BCUT2D eigenvalue weighted by molar-refractivity contribution is 0.592. The number of sulfone groups is 1. The van der Waals surface area contributed by atoms with E-state index < -0.39 is 9.84 Å². The maximum atomic E-state index is 12.1. The van der Waals surface area contributed by atoms with Gasteiger partial charge in [0, 0.05) is 0 Å². The zero-order valence-electron chi connectivity index (χ0n) is 8.17. The number of hydrogen-bond donors (Lipinski definition) is 0. The molecule has 0 saturated heterocycles. The largest absolute Gasteiger partial charge is 0.229 e. The molecule has 2 rings (SSSR count). The maximum Gasteiger partial charge on any atom is 0.223 e. The van der Waals surface area contributed by atoms with Gasteiger partial charge in [-0.15, -0.1) is 0 Å². The fourth-order valence-electron chi connectivity index (χ4n) is 1.26. The van der Waals surface area contributed by atoms with Crippen LogP contribution < -0.4 is 0 Å². The van der Waals surface area contributed by atoms with E-state index in [1.54, 1.807) is 42.5 Å². The third-order valence-electron chi connectivity index (χ3n) is 2.02. The lowest BCUT2D eigenvalue weighted by atomic mass is 10.4. The van der Waals surface area contributed by atoms with Crippen LogP contribution in [0.15, 0.2) is 63.1 Å². The van der Waals surface area contributed by atoms with E-state index in [9.17, 15) is 8.42 Å². The molecule has 0 unspecified atom stereocenters. The van der Waals surface area contributed by atoms with Crippen molar-refractivity contribution >= 4 is 25.8 Å². The first-order valence-corrected chi connectivity index (χ1v) is 6.81. The van der Waals surface area contributed by atoms with E-state index in [0.29, 0.717) is 4.60 Å². The van der Waals surface area contributed by atoms with Gasteiger partial charge in [-0.25, -0.2) is 13.4 Å². The summed E-state index contributed by atoms with van der Waals surface area (Å²) in [5.41, 5.74) is 0. The van der Waals surface area contributed by atoms with Crippen LogP contribution in [0.2, 0.25) is 0 Å². The molecule has 1 aromatic heterocycles. The summed E-state index contributed by atoms with van der Waals surface area (Å²) in [5, 5.41) is 0.0491. The topological polar surface area (TPSA) is 47.0 Å². The number of hydrogen-bond acceptors (Lipinski definition) is 3. The second-order valence-electron chi connectivity index (χ2n) is 3.12. The van der Waals surface area contributed by atoms with Crippen LogP contribution >= 0.6 is 15.9 Å². The Morgan fingerprint density at radius 1 is 0.938 bits per heavy atom. The molecule has 82 valence electrons. The molecule has 16 heavy (non-hydrogen) atoms. The molecule has 0 radical (unpaired) electrons. The first kappa shape index (κ1) is 11.3. The number of benzene rings is 1. The quantitative estimate of drug-likeness (QED) is 0.801. The molecule has 0 spiro atoms. The molecule has 1 heterocycles. The van der Waals surface area contributed by atoms with Gasteiger partial charge in [-0.2, -0.15) is 0 Å². The van der Waals surface area contributed by atoms with Crippen molar-refractivity contribution in [2.75, 3.05) is 0 Å². The zero-order chi connectivity index (χ0) is 11.6. The van der Waals surface area contributed by atoms with E-state index >= 15 is 0 Å². The molecule has 5 heteroatoms. The Hall–Kier alpha value is -1.20. The Morgan fingerprint density at radius 2 is 1.62 bits per heavy atom. The second kappa shape index (κ2) is 4.35. The van der Waals surface area contributed by atoms with Crippen molar-refractivity contribution in [3.8, 4) is 0 Å². The highest BCUT2D eigenvalue weighted by atomic mass is 79.9. The van der Waals surface area contributed by atoms with Gasteiger partial charge in [-0.1, -0.05) is 24.3 Å². The normalized spacial score (nSPS) is 11.3. The van der Waals surface area contributed by atoms with Crippen molar-refractivity contribution in [3.05, 3.63) is 53.1 Å². The summed E-state index contributed by atoms with van der Waals surface area (Å²) in [7, 11) is -3.50. The molecule has 3 nitrogen and oxygen atoms in total. The van der Waals surface area contributed by atoms with Crippen LogP contribution in [-0.4, -0.2) is 13.4 Å². The Balaban J connectivity index is 2.56. The van der Waals surface area contributed by atoms with Crippen molar-refractivity contribution in [3.63, 3.8) is 0 Å². The molecule has 1 aromatic carbocycles. The fourth-order valence-corrected chi connectivity index (χ4v) is 2.95. The van der Waals surface area contributed by atoms with Crippen LogP contribution in [0, 0.1) is 0 Å². The minimum Gasteiger partial charge on any atom is -0.229 e. The summed E-state index contributed by atoms with van der Waals surface area (Å²) in [4.78, 5) is 4.20. The molecule has 0 atom stereocenters. The first-order valence-electron chi connectivity index (χ1n) is 4.53. The minimum atomic E-state index is -3.50. The van der Waals surface area contributed by atoms with Gasteiger partial charge < -0.3 is 0 Å². The molecule has 0 fully saturated rings. The van der Waals surface area contributed by atoms with Crippen LogP contribution in [-0.2, 0) is 9.84 Å². The average Bonchev–Trinajstić information content (AvgIpc) is 2.30. The lowest BCUT2D eigenvalue weighted by Gasteiger charge is -2.03. The van der Waals surface area contributed by atoms with Gasteiger partial charge in [0.15, 0.2) is 5.03 Å². The molecule has 2 aromatic rings. The SMILES string of the molecule is O=S(=O)(c1ccccc1)c1cccc(Br)n1. The number of aromatic nitrogens is 1. The van der Waals surface area contributed by atoms with Crippen molar-refractivity contribution in [1.29, 1.82) is 0 Å². The van der Waals surface area contributed by atoms with Crippen molar-refractivity contribution in [2.45, 2.75) is 9.92 Å². The zero-order valence-corrected chi connectivity index (χ0v) is 10.6. The number of nitrogens with zero attached hydrogens (tertiary/aromatic N) is 1. The summed E-state index contributed by atoms with van der Waals surface area (Å²) in [6, 6.07) is 13.1. The van der Waals surface area contributed by atoms with E-state index in [2.05, 4.69) is 20.9 Å². The van der Waals surface area contributed by atoms with Crippen LogP contribution in [0.1, 0.15) is 0 Å². The summed E-state index contributed by atoms with van der Waals surface area (Å²) in [6.45, 7) is 0. The monoisotopic (exact) mass is 297 g/mol. The predicted octanol–water partition coefficient (Wildman–Crippen LogP) is 2.68. The molecule has 0 aliphatic carbocycles. The van der Waals surface area contributed by atoms with Gasteiger partial charge in [0.2, 0.25) is 9.84 Å². The van der Waals surface area contributed by atoms with E-state index in [0.717, 1.165) is 0 Å². The summed E-state index contributed by atoms with van der Waals surface area (Å²) in [6.07, 6.45) is 0. The van der Waals surface area contributed by atoms with Gasteiger partial charge in [0.05, 0.1) is 4.90 Å². The van der Waals surface area contributed by atoms with Crippen LogP contribution in [0.4, 0.5) is 0 Å². The molecule has 0 bridgehead atoms. The standard InChI is InChI=1S/C11H8BrNO2S/c12-10-7-4-8-11(13-10)16(14,15)9-5-2-1-3-6-9/h1-8H. The summed E-state index contributed by atoms with van der Waals surface area (Å²) < 4.78 is 24.7. The third-order valence-corrected chi connectivity index (χ3v) is 4.13. The molecule has 0 saturated carbocycles. The predicted molar refractivity (Wildman–Crippen MR) is 63.8 cm³/mol. The Kier molecular flexibility index (Phi) is 3.07. The summed E-state index contributed by atoms with van der Waals surface area (Å²) >= 11 is 3.15. The van der Waals surface area contributed by atoms with E-state index in [-0.39, 0.29) is 9.92 Å². The highest BCUT2D eigenvalue weighted by Crippen LogP contribution is 2.19. The second-order valence-corrected chi connectivity index (χ2v) is 5.82. The van der Waals surface area contributed by atoms with E-state index in [1.807, 2.05) is 0 Å². The molecular weight excluding hydrogens is 290 g/mol. The lowest BCUT2D eigenvalue weighted by Crippen LogP contribution is -2.04. The number of pyridine rings is 1. The Labute approximate surface area is 102 Å². The fraction of sp³-hybridized carbons (Fsp3) is 0. The highest BCUT2D eigenvalue weighted by molar-refractivity contribution is 9.10. The maximum absolute atomic E-state index is 12.1. The number of rotatable bonds is 2. The molecule has 0 aliphatic rings. The molecule has 0 N–H and O–H groups in total. The van der Waals surface area contributed by atoms with Gasteiger partial charge in [0.25, 0.3) is 0 Å². The average molecular weight is 298 g/mol.